The monoisotopic (exact) mass is 376 g/mol. The first-order valence-electron chi connectivity index (χ1n) is 7.55. The number of hydrazone groups is 1. The fourth-order valence-electron chi connectivity index (χ4n) is 2.28. The van der Waals surface area contributed by atoms with E-state index in [1.54, 1.807) is 23.0 Å². The second-order valence-corrected chi connectivity index (χ2v) is 6.25. The van der Waals surface area contributed by atoms with Crippen molar-refractivity contribution in [3.05, 3.63) is 81.3 Å². The number of benzene rings is 2. The van der Waals surface area contributed by atoms with Gasteiger partial charge in [-0.05, 0) is 48.9 Å². The van der Waals surface area contributed by atoms with Crippen molar-refractivity contribution in [2.75, 3.05) is 5.43 Å². The third kappa shape index (κ3) is 4.38. The highest BCUT2D eigenvalue weighted by atomic mass is 35.5. The van der Waals surface area contributed by atoms with E-state index in [1.165, 1.54) is 12.1 Å². The van der Waals surface area contributed by atoms with E-state index in [0.29, 0.717) is 22.4 Å². The Bertz CT molecular complexity index is 887. The maximum Gasteiger partial charge on any atom is 0.136 e. The van der Waals surface area contributed by atoms with Crippen LogP contribution < -0.4 is 5.43 Å². The topological polar surface area (TPSA) is 42.2 Å². The molecule has 128 valence electrons. The van der Waals surface area contributed by atoms with Gasteiger partial charge in [-0.1, -0.05) is 35.3 Å². The van der Waals surface area contributed by atoms with Crippen LogP contribution in [0.4, 0.5) is 10.1 Å². The molecule has 0 saturated carbocycles. The molecule has 0 aliphatic rings. The van der Waals surface area contributed by atoms with Crippen molar-refractivity contribution in [1.29, 1.82) is 0 Å². The summed E-state index contributed by atoms with van der Waals surface area (Å²) in [5.74, 6) is -0.295. The molecule has 25 heavy (non-hydrogen) atoms. The number of nitrogens with zero attached hydrogens (tertiary/aromatic N) is 3. The van der Waals surface area contributed by atoms with Crippen LogP contribution in [0.2, 0.25) is 10.2 Å². The summed E-state index contributed by atoms with van der Waals surface area (Å²) < 4.78 is 14.6. The van der Waals surface area contributed by atoms with Crippen molar-refractivity contribution in [3.8, 4) is 0 Å². The Labute approximate surface area is 154 Å². The zero-order valence-electron chi connectivity index (χ0n) is 13.4. The van der Waals surface area contributed by atoms with Gasteiger partial charge in [-0.15, -0.1) is 0 Å². The number of rotatable bonds is 5. The van der Waals surface area contributed by atoms with Gasteiger partial charge in [-0.2, -0.15) is 10.2 Å². The van der Waals surface area contributed by atoms with Gasteiger partial charge in [0.05, 0.1) is 29.7 Å². The van der Waals surface area contributed by atoms with Crippen LogP contribution in [0.5, 0.6) is 0 Å². The lowest BCUT2D eigenvalue weighted by Crippen LogP contribution is -2.02. The summed E-state index contributed by atoms with van der Waals surface area (Å²) in [5.41, 5.74) is 6.05. The van der Waals surface area contributed by atoms with E-state index in [1.807, 2.05) is 31.2 Å². The first-order chi connectivity index (χ1) is 12.0. The molecule has 0 saturated heterocycles. The lowest BCUT2D eigenvalue weighted by atomic mass is 10.2. The molecule has 1 N–H and O–H groups in total. The molecule has 0 bridgehead atoms. The minimum absolute atomic E-state index is 0.295. The molecule has 4 nitrogen and oxygen atoms in total. The third-order valence-electron chi connectivity index (χ3n) is 3.59. The molecule has 1 heterocycles. The van der Waals surface area contributed by atoms with Crippen LogP contribution in [-0.4, -0.2) is 16.0 Å². The second-order valence-electron chi connectivity index (χ2n) is 5.45. The van der Waals surface area contributed by atoms with Gasteiger partial charge >= 0.3 is 0 Å². The lowest BCUT2D eigenvalue weighted by molar-refractivity contribution is 0.628. The third-order valence-corrected chi connectivity index (χ3v) is 4.24. The van der Waals surface area contributed by atoms with Gasteiger partial charge in [0.1, 0.15) is 11.0 Å². The molecule has 0 amide bonds. The van der Waals surface area contributed by atoms with Gasteiger partial charge in [-0.3, -0.25) is 5.43 Å². The van der Waals surface area contributed by atoms with Gasteiger partial charge in [-0.25, -0.2) is 9.07 Å². The fraction of sp³-hybridized carbons (Fsp3) is 0.111. The van der Waals surface area contributed by atoms with Gasteiger partial charge in [0.25, 0.3) is 0 Å². The molecule has 2 aromatic carbocycles. The quantitative estimate of drug-likeness (QED) is 0.495. The van der Waals surface area contributed by atoms with Crippen LogP contribution >= 0.6 is 23.2 Å². The highest BCUT2D eigenvalue weighted by molar-refractivity contribution is 6.32. The average molecular weight is 377 g/mol. The summed E-state index contributed by atoms with van der Waals surface area (Å²) in [6, 6.07) is 13.4. The van der Waals surface area contributed by atoms with Gasteiger partial charge in [0.2, 0.25) is 0 Å². The molecular weight excluding hydrogens is 362 g/mol. The molecule has 0 atom stereocenters. The first kappa shape index (κ1) is 17.5. The van der Waals surface area contributed by atoms with Gasteiger partial charge < -0.3 is 0 Å². The summed E-state index contributed by atoms with van der Waals surface area (Å²) in [4.78, 5) is 0. The zero-order chi connectivity index (χ0) is 17.8. The molecule has 0 aliphatic carbocycles. The Morgan fingerprint density at radius 3 is 2.48 bits per heavy atom. The van der Waals surface area contributed by atoms with E-state index in [2.05, 4.69) is 15.6 Å². The Balaban J connectivity index is 1.73. The number of anilines is 1. The Morgan fingerprint density at radius 1 is 1.12 bits per heavy atom. The molecule has 0 aliphatic heterocycles. The summed E-state index contributed by atoms with van der Waals surface area (Å²) in [5, 5.41) is 9.77. The van der Waals surface area contributed by atoms with Crippen LogP contribution in [0.15, 0.2) is 53.6 Å². The van der Waals surface area contributed by atoms with E-state index >= 15 is 0 Å². The van der Waals surface area contributed by atoms with Crippen LogP contribution in [0.25, 0.3) is 0 Å². The Morgan fingerprint density at radius 2 is 1.80 bits per heavy atom. The molecule has 0 spiro atoms. The number of nitrogens with one attached hydrogen (secondary N) is 1. The fourth-order valence-corrected chi connectivity index (χ4v) is 2.69. The van der Waals surface area contributed by atoms with Crippen LogP contribution in [-0.2, 0) is 6.54 Å². The highest BCUT2D eigenvalue weighted by Crippen LogP contribution is 2.20. The van der Waals surface area contributed by atoms with Crippen molar-refractivity contribution < 1.29 is 4.39 Å². The van der Waals surface area contributed by atoms with Gasteiger partial charge in [0, 0.05) is 5.02 Å². The lowest BCUT2D eigenvalue weighted by Gasteiger charge is -2.03. The summed E-state index contributed by atoms with van der Waals surface area (Å²) >= 11 is 12.3. The number of hydrogen-bond donors (Lipinski definition) is 1. The first-order valence-corrected chi connectivity index (χ1v) is 8.30. The average Bonchev–Trinajstić information content (AvgIpc) is 2.86. The van der Waals surface area contributed by atoms with Crippen LogP contribution in [0, 0.1) is 12.7 Å². The molecule has 3 aromatic rings. The maximum atomic E-state index is 12.9. The predicted octanol–water partition coefficient (Wildman–Crippen LogP) is 5.13. The van der Waals surface area contributed by atoms with Crippen molar-refractivity contribution >= 4 is 35.1 Å². The molecule has 1 aromatic heterocycles. The van der Waals surface area contributed by atoms with Crippen molar-refractivity contribution in [2.45, 2.75) is 13.5 Å². The molecule has 0 radical (unpaired) electrons. The second kappa shape index (κ2) is 7.68. The van der Waals surface area contributed by atoms with Crippen molar-refractivity contribution in [3.63, 3.8) is 0 Å². The molecule has 3 rings (SSSR count). The number of aryl methyl sites for hydroxylation is 1. The van der Waals surface area contributed by atoms with Gasteiger partial charge in [0.15, 0.2) is 0 Å². The summed E-state index contributed by atoms with van der Waals surface area (Å²) in [6.07, 6.45) is 1.60. The molecule has 0 unspecified atom stereocenters. The molecular formula is C18H15Cl2FN4. The molecule has 0 fully saturated rings. The normalized spacial score (nSPS) is 11.2. The standard InChI is InChI=1S/C18H15Cl2FN4/c1-12-17(10-22-23-16-8-6-15(21)7-9-16)18(20)25(24-12)11-13-2-4-14(19)5-3-13/h2-10,23H,11H2,1H3/b22-10-. The van der Waals surface area contributed by atoms with Crippen molar-refractivity contribution in [1.82, 2.24) is 9.78 Å². The number of halogens is 3. The smallest absolute Gasteiger partial charge is 0.136 e. The Kier molecular flexibility index (Phi) is 5.36. The maximum absolute atomic E-state index is 12.9. The Hall–Kier alpha value is -2.37. The highest BCUT2D eigenvalue weighted by Gasteiger charge is 2.12. The van der Waals surface area contributed by atoms with E-state index < -0.39 is 0 Å². The van der Waals surface area contributed by atoms with Crippen molar-refractivity contribution in [2.24, 2.45) is 5.10 Å². The SMILES string of the molecule is Cc1nn(Cc2ccc(Cl)cc2)c(Cl)c1/C=N\Nc1ccc(F)cc1. The number of hydrogen-bond acceptors (Lipinski definition) is 3. The van der Waals surface area contributed by atoms with Crippen LogP contribution in [0.3, 0.4) is 0 Å². The van der Waals surface area contributed by atoms with Crippen LogP contribution in [0.1, 0.15) is 16.8 Å². The van der Waals surface area contributed by atoms with E-state index in [4.69, 9.17) is 23.2 Å². The zero-order valence-corrected chi connectivity index (χ0v) is 14.9. The summed E-state index contributed by atoms with van der Waals surface area (Å²) in [6.45, 7) is 2.40. The summed E-state index contributed by atoms with van der Waals surface area (Å²) in [7, 11) is 0. The minimum Gasteiger partial charge on any atom is -0.278 e. The van der Waals surface area contributed by atoms with E-state index in [-0.39, 0.29) is 5.82 Å². The van der Waals surface area contributed by atoms with E-state index in [0.717, 1.165) is 16.8 Å². The minimum atomic E-state index is -0.295. The predicted molar refractivity (Wildman–Crippen MR) is 100 cm³/mol. The number of aromatic nitrogens is 2. The van der Waals surface area contributed by atoms with E-state index in [9.17, 15) is 4.39 Å². The molecule has 7 heteroatoms. The largest absolute Gasteiger partial charge is 0.278 e.